The Morgan fingerprint density at radius 3 is 2.83 bits per heavy atom. The van der Waals surface area contributed by atoms with E-state index in [0.717, 1.165) is 11.3 Å². The average Bonchev–Trinajstić information content (AvgIpc) is 3.05. The molecule has 7 heteroatoms. The maximum atomic E-state index is 12.1. The highest BCUT2D eigenvalue weighted by Gasteiger charge is 2.18. The minimum atomic E-state index is -0.863. The molecule has 0 aliphatic carbocycles. The van der Waals surface area contributed by atoms with Crippen LogP contribution in [0, 0.1) is 6.92 Å². The summed E-state index contributed by atoms with van der Waals surface area (Å²) in [6.07, 6.45) is -0.863. The van der Waals surface area contributed by atoms with E-state index >= 15 is 0 Å². The molecule has 1 aromatic carbocycles. The number of carbonyl (C=O) groups is 2. The van der Waals surface area contributed by atoms with Crippen LogP contribution in [0.25, 0.3) is 0 Å². The van der Waals surface area contributed by atoms with Gasteiger partial charge in [-0.1, -0.05) is 23.7 Å². The van der Waals surface area contributed by atoms with Crippen molar-refractivity contribution < 1.29 is 14.3 Å². The Kier molecular flexibility index (Phi) is 7.15. The van der Waals surface area contributed by atoms with Gasteiger partial charge in [0.05, 0.1) is 5.75 Å². The van der Waals surface area contributed by atoms with E-state index in [2.05, 4.69) is 5.32 Å². The van der Waals surface area contributed by atoms with Gasteiger partial charge in [-0.05, 0) is 43.0 Å². The first-order chi connectivity index (χ1) is 11.5. The third kappa shape index (κ3) is 5.54. The normalized spacial score (nSPS) is 11.8. The fourth-order valence-corrected chi connectivity index (χ4v) is 3.71. The number of thioether (sulfide) groups is 1. The Balaban J connectivity index is 1.78. The molecule has 0 saturated heterocycles. The third-order valence-corrected chi connectivity index (χ3v) is 5.67. The number of benzene rings is 1. The molecule has 0 aliphatic heterocycles. The van der Waals surface area contributed by atoms with Crippen LogP contribution in [0.5, 0.6) is 0 Å². The summed E-state index contributed by atoms with van der Waals surface area (Å²) >= 11 is 9.14. The lowest BCUT2D eigenvalue weighted by molar-refractivity contribution is -0.150. The molecule has 128 valence electrons. The maximum Gasteiger partial charge on any atom is 0.316 e. The largest absolute Gasteiger partial charge is 0.452 e. The molecule has 0 unspecified atom stereocenters. The van der Waals surface area contributed by atoms with Crippen LogP contribution >= 0.6 is 34.7 Å². The lowest BCUT2D eigenvalue weighted by Gasteiger charge is -2.15. The van der Waals surface area contributed by atoms with Gasteiger partial charge in [0.25, 0.3) is 5.91 Å². The van der Waals surface area contributed by atoms with Crippen molar-refractivity contribution >= 4 is 52.3 Å². The summed E-state index contributed by atoms with van der Waals surface area (Å²) in [5.74, 6) is 0.194. The SMILES string of the molecule is Cc1c(Cl)cccc1NC(=O)[C@@H](C)OC(=O)CSCc1cccs1. The van der Waals surface area contributed by atoms with Gasteiger partial charge in [-0.3, -0.25) is 9.59 Å². The van der Waals surface area contributed by atoms with E-state index in [1.807, 2.05) is 24.4 Å². The minimum Gasteiger partial charge on any atom is -0.452 e. The molecule has 0 fully saturated rings. The molecule has 1 N–H and O–H groups in total. The maximum absolute atomic E-state index is 12.1. The molecular formula is C17H18ClNO3S2. The van der Waals surface area contributed by atoms with Gasteiger partial charge in [0.15, 0.2) is 6.10 Å². The van der Waals surface area contributed by atoms with E-state index in [0.29, 0.717) is 10.7 Å². The van der Waals surface area contributed by atoms with Crippen molar-refractivity contribution in [2.45, 2.75) is 25.7 Å². The number of carbonyl (C=O) groups excluding carboxylic acids is 2. The van der Waals surface area contributed by atoms with Gasteiger partial charge in [-0.2, -0.15) is 0 Å². The van der Waals surface area contributed by atoms with Crippen LogP contribution < -0.4 is 5.32 Å². The summed E-state index contributed by atoms with van der Waals surface area (Å²) in [6.45, 7) is 3.37. The fraction of sp³-hybridized carbons (Fsp3) is 0.294. The number of nitrogens with one attached hydrogen (secondary N) is 1. The molecule has 24 heavy (non-hydrogen) atoms. The van der Waals surface area contributed by atoms with Crippen molar-refractivity contribution in [2.24, 2.45) is 0 Å². The molecule has 0 radical (unpaired) electrons. The molecule has 1 atom stereocenters. The number of ether oxygens (including phenoxy) is 1. The van der Waals surface area contributed by atoms with E-state index < -0.39 is 12.1 Å². The molecule has 0 saturated carbocycles. The van der Waals surface area contributed by atoms with Crippen molar-refractivity contribution in [3.63, 3.8) is 0 Å². The summed E-state index contributed by atoms with van der Waals surface area (Å²) in [4.78, 5) is 25.2. The third-order valence-electron chi connectivity index (χ3n) is 3.25. The summed E-state index contributed by atoms with van der Waals surface area (Å²) in [7, 11) is 0. The van der Waals surface area contributed by atoms with Gasteiger partial charge in [0.1, 0.15) is 0 Å². The number of amides is 1. The van der Waals surface area contributed by atoms with Crippen LogP contribution in [0.3, 0.4) is 0 Å². The minimum absolute atomic E-state index is 0.214. The number of thiophene rings is 1. The van der Waals surface area contributed by atoms with Gasteiger partial charge in [0, 0.05) is 21.3 Å². The second kappa shape index (κ2) is 9.11. The number of hydrogen-bond donors (Lipinski definition) is 1. The fourth-order valence-electron chi connectivity index (χ4n) is 1.89. The van der Waals surface area contributed by atoms with Gasteiger partial charge in [0.2, 0.25) is 0 Å². The predicted molar refractivity (Wildman–Crippen MR) is 101 cm³/mol. The molecule has 0 spiro atoms. The van der Waals surface area contributed by atoms with Gasteiger partial charge in [-0.15, -0.1) is 23.1 Å². The molecule has 1 heterocycles. The van der Waals surface area contributed by atoms with E-state index in [4.69, 9.17) is 16.3 Å². The van der Waals surface area contributed by atoms with Crippen LogP contribution in [0.2, 0.25) is 5.02 Å². The molecule has 2 aromatic rings. The van der Waals surface area contributed by atoms with Gasteiger partial charge in [-0.25, -0.2) is 0 Å². The van der Waals surface area contributed by atoms with Crippen molar-refractivity contribution in [1.29, 1.82) is 0 Å². The number of hydrogen-bond acceptors (Lipinski definition) is 5. The van der Waals surface area contributed by atoms with E-state index in [-0.39, 0.29) is 11.7 Å². The zero-order chi connectivity index (χ0) is 17.5. The predicted octanol–water partition coefficient (Wildman–Crippen LogP) is 4.51. The average molecular weight is 384 g/mol. The molecule has 4 nitrogen and oxygen atoms in total. The van der Waals surface area contributed by atoms with Crippen LogP contribution in [0.15, 0.2) is 35.7 Å². The van der Waals surface area contributed by atoms with E-state index in [1.54, 1.807) is 36.5 Å². The summed E-state index contributed by atoms with van der Waals surface area (Å²) < 4.78 is 5.17. The summed E-state index contributed by atoms with van der Waals surface area (Å²) in [6, 6.07) is 9.25. The molecule has 0 bridgehead atoms. The lowest BCUT2D eigenvalue weighted by atomic mass is 10.2. The first-order valence-corrected chi connectivity index (χ1v) is 9.74. The second-order valence-corrected chi connectivity index (χ2v) is 7.53. The Bertz CT molecular complexity index is 704. The number of esters is 1. The zero-order valence-electron chi connectivity index (χ0n) is 13.4. The Hall–Kier alpha value is -1.50. The lowest BCUT2D eigenvalue weighted by Crippen LogP contribution is -2.30. The number of rotatable bonds is 7. The summed E-state index contributed by atoms with van der Waals surface area (Å²) in [5.41, 5.74) is 1.39. The smallest absolute Gasteiger partial charge is 0.316 e. The molecular weight excluding hydrogens is 366 g/mol. The topological polar surface area (TPSA) is 55.4 Å². The Morgan fingerprint density at radius 1 is 1.33 bits per heavy atom. The van der Waals surface area contributed by atoms with Gasteiger partial charge < -0.3 is 10.1 Å². The number of anilines is 1. The number of halogens is 1. The molecule has 1 amide bonds. The Morgan fingerprint density at radius 2 is 2.12 bits per heavy atom. The second-order valence-electron chi connectivity index (χ2n) is 5.11. The van der Waals surface area contributed by atoms with Crippen LogP contribution in [-0.2, 0) is 20.1 Å². The van der Waals surface area contributed by atoms with Crippen molar-refractivity contribution in [3.05, 3.63) is 51.2 Å². The Labute approximate surface area is 154 Å². The van der Waals surface area contributed by atoms with Crippen molar-refractivity contribution in [1.82, 2.24) is 0 Å². The van der Waals surface area contributed by atoms with Gasteiger partial charge >= 0.3 is 5.97 Å². The first-order valence-electron chi connectivity index (χ1n) is 7.33. The van der Waals surface area contributed by atoms with Crippen LogP contribution in [0.4, 0.5) is 5.69 Å². The van der Waals surface area contributed by atoms with Crippen molar-refractivity contribution in [2.75, 3.05) is 11.1 Å². The highest BCUT2D eigenvalue weighted by Crippen LogP contribution is 2.23. The quantitative estimate of drug-likeness (QED) is 0.714. The van der Waals surface area contributed by atoms with Crippen LogP contribution in [0.1, 0.15) is 17.4 Å². The highest BCUT2D eigenvalue weighted by molar-refractivity contribution is 7.99. The molecule has 2 rings (SSSR count). The zero-order valence-corrected chi connectivity index (χ0v) is 15.8. The standard InChI is InChI=1S/C17H18ClNO3S2/c1-11-14(18)6-3-7-15(11)19-17(21)12(2)22-16(20)10-23-9-13-5-4-8-24-13/h3-8,12H,9-10H2,1-2H3,(H,19,21)/t12-/m1/s1. The molecule has 1 aromatic heterocycles. The van der Waals surface area contributed by atoms with Crippen LogP contribution in [-0.4, -0.2) is 23.7 Å². The van der Waals surface area contributed by atoms with Crippen molar-refractivity contribution in [3.8, 4) is 0 Å². The molecule has 0 aliphatic rings. The van der Waals surface area contributed by atoms with E-state index in [9.17, 15) is 9.59 Å². The van der Waals surface area contributed by atoms with E-state index in [1.165, 1.54) is 16.6 Å². The monoisotopic (exact) mass is 383 g/mol. The summed E-state index contributed by atoms with van der Waals surface area (Å²) in [5, 5.41) is 5.30. The first kappa shape index (κ1) is 18.8. The highest BCUT2D eigenvalue weighted by atomic mass is 35.5.